The van der Waals surface area contributed by atoms with Gasteiger partial charge in [0.15, 0.2) is 0 Å². The van der Waals surface area contributed by atoms with Gasteiger partial charge in [0.25, 0.3) is 0 Å². The number of allylic oxidation sites excluding steroid dienone is 2. The summed E-state index contributed by atoms with van der Waals surface area (Å²) >= 11 is 0. The van der Waals surface area contributed by atoms with Crippen molar-refractivity contribution in [2.24, 2.45) is 0 Å². The Bertz CT molecular complexity index is 720. The van der Waals surface area contributed by atoms with E-state index < -0.39 is 0 Å². The van der Waals surface area contributed by atoms with Crippen LogP contribution >= 0.6 is 0 Å². The minimum absolute atomic E-state index is 0.874. The molecule has 0 atom stereocenters. The van der Waals surface area contributed by atoms with Crippen molar-refractivity contribution >= 4 is 16.6 Å². The number of H-pyrrole nitrogens is 2. The van der Waals surface area contributed by atoms with Crippen LogP contribution in [0, 0.1) is 0 Å². The molecule has 0 aliphatic heterocycles. The zero-order valence-electron chi connectivity index (χ0n) is 11.1. The van der Waals surface area contributed by atoms with Gasteiger partial charge in [-0.2, -0.15) is 0 Å². The summed E-state index contributed by atoms with van der Waals surface area (Å²) in [5.74, 6) is 1.81. The van der Waals surface area contributed by atoms with Crippen molar-refractivity contribution in [1.29, 1.82) is 0 Å². The van der Waals surface area contributed by atoms with Gasteiger partial charge in [-0.3, -0.25) is 0 Å². The van der Waals surface area contributed by atoms with E-state index in [1.807, 2.05) is 18.3 Å². The molecule has 96 valence electrons. The molecule has 0 fully saturated rings. The largest absolute Gasteiger partial charge is 0.345 e. The fraction of sp³-hybridized carbons (Fsp3) is 0.200. The summed E-state index contributed by atoms with van der Waals surface area (Å²) in [7, 11) is 0. The van der Waals surface area contributed by atoms with Crippen LogP contribution in [0.4, 0.5) is 0 Å². The Balaban J connectivity index is 2.07. The first-order valence-electron chi connectivity index (χ1n) is 6.44. The molecule has 0 bridgehead atoms. The molecule has 4 nitrogen and oxygen atoms in total. The Hall–Kier alpha value is -2.36. The highest BCUT2D eigenvalue weighted by Gasteiger charge is 2.06. The number of fused-ring (bicyclic) bond motifs is 1. The summed E-state index contributed by atoms with van der Waals surface area (Å²) in [5.41, 5.74) is 4.25. The lowest BCUT2D eigenvalue weighted by Gasteiger charge is -1.96. The summed E-state index contributed by atoms with van der Waals surface area (Å²) in [6.45, 7) is 4.20. The van der Waals surface area contributed by atoms with Gasteiger partial charge >= 0.3 is 0 Å². The number of hydrogen-bond acceptors (Lipinski definition) is 2. The summed E-state index contributed by atoms with van der Waals surface area (Å²) in [4.78, 5) is 15.3. The lowest BCUT2D eigenvalue weighted by atomic mass is 10.2. The van der Waals surface area contributed by atoms with Crippen LogP contribution in [0.2, 0.25) is 0 Å². The third kappa shape index (κ3) is 2.17. The van der Waals surface area contributed by atoms with Crippen molar-refractivity contribution in [3.63, 3.8) is 0 Å². The molecular formula is C15H16N4. The van der Waals surface area contributed by atoms with Crippen LogP contribution in [0.5, 0.6) is 0 Å². The lowest BCUT2D eigenvalue weighted by Crippen LogP contribution is -1.81. The fourth-order valence-electron chi connectivity index (χ4n) is 2.17. The van der Waals surface area contributed by atoms with Gasteiger partial charge in [-0.1, -0.05) is 13.0 Å². The summed E-state index contributed by atoms with van der Waals surface area (Å²) < 4.78 is 0. The van der Waals surface area contributed by atoms with E-state index in [4.69, 9.17) is 0 Å². The van der Waals surface area contributed by atoms with Gasteiger partial charge in [-0.15, -0.1) is 0 Å². The minimum atomic E-state index is 0.874. The summed E-state index contributed by atoms with van der Waals surface area (Å²) in [6, 6.07) is 6.13. The van der Waals surface area contributed by atoms with E-state index in [1.54, 1.807) is 6.20 Å². The predicted octanol–water partition coefficient (Wildman–Crippen LogP) is 3.77. The smallest absolute Gasteiger partial charge is 0.137 e. The number of aromatic nitrogens is 4. The maximum Gasteiger partial charge on any atom is 0.137 e. The fourth-order valence-corrected chi connectivity index (χ4v) is 2.17. The molecule has 0 unspecified atom stereocenters. The molecule has 0 aliphatic rings. The highest BCUT2D eigenvalue weighted by atomic mass is 14.9. The first-order chi connectivity index (χ1) is 9.28. The summed E-state index contributed by atoms with van der Waals surface area (Å²) in [5, 5.41) is 0. The molecule has 4 heteroatoms. The molecule has 0 saturated heterocycles. The van der Waals surface area contributed by atoms with Crippen molar-refractivity contribution in [2.45, 2.75) is 20.3 Å². The van der Waals surface area contributed by atoms with Crippen LogP contribution in [-0.4, -0.2) is 19.9 Å². The molecule has 2 aromatic heterocycles. The molecule has 0 aliphatic carbocycles. The van der Waals surface area contributed by atoms with Gasteiger partial charge in [0.05, 0.1) is 11.0 Å². The number of imidazole rings is 2. The van der Waals surface area contributed by atoms with E-state index in [2.05, 4.69) is 45.9 Å². The standard InChI is InChI=1S/C15H16N4/c1-3-4-10(2)14-18-12-6-5-11(9-13(12)19-14)15-16-7-8-17-15/h4-9H,3H2,1-2H3,(H,16,17)(H,18,19)/b10-4+. The maximum atomic E-state index is 4.60. The number of aromatic amines is 2. The van der Waals surface area contributed by atoms with E-state index in [0.717, 1.165) is 34.7 Å². The van der Waals surface area contributed by atoms with Gasteiger partial charge in [0.1, 0.15) is 11.6 Å². The third-order valence-corrected chi connectivity index (χ3v) is 3.14. The zero-order chi connectivity index (χ0) is 13.2. The number of nitrogens with zero attached hydrogens (tertiary/aromatic N) is 2. The molecule has 0 amide bonds. The average Bonchev–Trinajstić information content (AvgIpc) is 3.07. The number of nitrogens with one attached hydrogen (secondary N) is 2. The monoisotopic (exact) mass is 252 g/mol. The van der Waals surface area contributed by atoms with Gasteiger partial charge in [-0.25, -0.2) is 9.97 Å². The SMILES string of the molecule is CC/C=C(\C)c1nc2ccc(-c3ncc[nH]3)cc2[nH]1. The maximum absolute atomic E-state index is 4.60. The average molecular weight is 252 g/mol. The Morgan fingerprint density at radius 1 is 1.37 bits per heavy atom. The summed E-state index contributed by atoms with van der Waals surface area (Å²) in [6.07, 6.45) is 6.77. The van der Waals surface area contributed by atoms with E-state index >= 15 is 0 Å². The van der Waals surface area contributed by atoms with E-state index in [1.165, 1.54) is 5.57 Å². The van der Waals surface area contributed by atoms with E-state index in [9.17, 15) is 0 Å². The molecule has 0 saturated carbocycles. The molecule has 19 heavy (non-hydrogen) atoms. The second-order valence-corrected chi connectivity index (χ2v) is 4.55. The normalized spacial score (nSPS) is 12.2. The molecule has 0 radical (unpaired) electrons. The Morgan fingerprint density at radius 2 is 2.26 bits per heavy atom. The van der Waals surface area contributed by atoms with Gasteiger partial charge in [0.2, 0.25) is 0 Å². The second-order valence-electron chi connectivity index (χ2n) is 4.55. The van der Waals surface area contributed by atoms with Crippen LogP contribution in [0.1, 0.15) is 26.1 Å². The highest BCUT2D eigenvalue weighted by Crippen LogP contribution is 2.22. The van der Waals surface area contributed by atoms with Crippen molar-refractivity contribution < 1.29 is 0 Å². The zero-order valence-corrected chi connectivity index (χ0v) is 11.1. The Morgan fingerprint density at radius 3 is 3.00 bits per heavy atom. The first kappa shape index (κ1) is 11.7. The number of hydrogen-bond donors (Lipinski definition) is 2. The molecule has 3 aromatic rings. The Kier molecular flexibility index (Phi) is 2.91. The third-order valence-electron chi connectivity index (χ3n) is 3.14. The van der Waals surface area contributed by atoms with Crippen LogP contribution in [0.15, 0.2) is 36.7 Å². The number of rotatable bonds is 3. The molecule has 2 N–H and O–H groups in total. The number of benzene rings is 1. The Labute approximate surface area is 111 Å². The van der Waals surface area contributed by atoms with Crippen molar-refractivity contribution in [3.05, 3.63) is 42.5 Å². The minimum Gasteiger partial charge on any atom is -0.345 e. The van der Waals surface area contributed by atoms with Gasteiger partial charge < -0.3 is 9.97 Å². The van der Waals surface area contributed by atoms with Gasteiger partial charge in [-0.05, 0) is 37.1 Å². The van der Waals surface area contributed by atoms with Crippen LogP contribution in [0.25, 0.3) is 28.0 Å². The highest BCUT2D eigenvalue weighted by molar-refractivity contribution is 5.82. The van der Waals surface area contributed by atoms with E-state index in [-0.39, 0.29) is 0 Å². The van der Waals surface area contributed by atoms with Crippen LogP contribution in [-0.2, 0) is 0 Å². The first-order valence-corrected chi connectivity index (χ1v) is 6.44. The van der Waals surface area contributed by atoms with Crippen molar-refractivity contribution in [3.8, 4) is 11.4 Å². The molecule has 3 rings (SSSR count). The predicted molar refractivity (Wildman–Crippen MR) is 77.6 cm³/mol. The van der Waals surface area contributed by atoms with Gasteiger partial charge in [0, 0.05) is 18.0 Å². The molecule has 1 aromatic carbocycles. The van der Waals surface area contributed by atoms with Crippen LogP contribution < -0.4 is 0 Å². The van der Waals surface area contributed by atoms with E-state index in [0.29, 0.717) is 0 Å². The lowest BCUT2D eigenvalue weighted by molar-refractivity contribution is 1.19. The molecular weight excluding hydrogens is 236 g/mol. The molecule has 0 spiro atoms. The van der Waals surface area contributed by atoms with Crippen molar-refractivity contribution in [1.82, 2.24) is 19.9 Å². The molecule has 2 heterocycles. The topological polar surface area (TPSA) is 57.4 Å². The van der Waals surface area contributed by atoms with Crippen molar-refractivity contribution in [2.75, 3.05) is 0 Å². The quantitative estimate of drug-likeness (QED) is 0.745. The second kappa shape index (κ2) is 4.72. The van der Waals surface area contributed by atoms with Crippen LogP contribution in [0.3, 0.4) is 0 Å².